The van der Waals surface area contributed by atoms with Crippen LogP contribution in [0.15, 0.2) is 65.8 Å². The number of rotatable bonds is 8. The molecule has 0 bridgehead atoms. The molecule has 26 heavy (non-hydrogen) atoms. The van der Waals surface area contributed by atoms with Gasteiger partial charge in [0.05, 0.1) is 18.8 Å². The van der Waals surface area contributed by atoms with Crippen LogP contribution in [0.1, 0.15) is 28.6 Å². The lowest BCUT2D eigenvalue weighted by molar-refractivity contribution is -0.121. The Bertz CT molecular complexity index is 816. The monoisotopic (exact) mass is 353 g/mol. The summed E-state index contributed by atoms with van der Waals surface area (Å²) in [5.41, 5.74) is 0.968. The molecule has 1 atom stereocenters. The Morgan fingerprint density at radius 1 is 1.15 bits per heavy atom. The molecule has 1 unspecified atom stereocenters. The summed E-state index contributed by atoms with van der Waals surface area (Å²) in [6.07, 6.45) is 4.64. The predicted molar refractivity (Wildman–Crippen MR) is 93.0 cm³/mol. The highest BCUT2D eigenvalue weighted by atomic mass is 16.3. The van der Waals surface area contributed by atoms with Crippen LogP contribution in [0.2, 0.25) is 0 Å². The van der Waals surface area contributed by atoms with Gasteiger partial charge >= 0.3 is 0 Å². The highest BCUT2D eigenvalue weighted by Gasteiger charge is 2.16. The first-order valence-electron chi connectivity index (χ1n) is 8.21. The number of hydrogen-bond acceptors (Lipinski definition) is 5. The van der Waals surface area contributed by atoms with Gasteiger partial charge in [0.2, 0.25) is 5.91 Å². The standard InChI is InChI=1S/C18H19N5O3/c24-17(8-9-20-18(25)16-7-4-10-26-16)22-15(11-23-13-19-12-21-23)14-5-2-1-3-6-14/h1-7,10,12-13,15H,8-9,11H2,(H,20,25)(H,22,24). The molecule has 3 rings (SSSR count). The van der Waals surface area contributed by atoms with E-state index in [2.05, 4.69) is 20.7 Å². The van der Waals surface area contributed by atoms with E-state index in [0.29, 0.717) is 6.54 Å². The Hall–Kier alpha value is -3.42. The Kier molecular flexibility index (Phi) is 5.76. The molecule has 8 heteroatoms. The van der Waals surface area contributed by atoms with Crippen LogP contribution in [0.3, 0.4) is 0 Å². The lowest BCUT2D eigenvalue weighted by atomic mass is 10.1. The van der Waals surface area contributed by atoms with E-state index in [9.17, 15) is 9.59 Å². The Balaban J connectivity index is 1.54. The largest absolute Gasteiger partial charge is 0.459 e. The van der Waals surface area contributed by atoms with Gasteiger partial charge in [-0.1, -0.05) is 30.3 Å². The number of carbonyl (C=O) groups excluding carboxylic acids is 2. The average molecular weight is 353 g/mol. The topological polar surface area (TPSA) is 102 Å². The molecule has 8 nitrogen and oxygen atoms in total. The van der Waals surface area contributed by atoms with E-state index in [1.807, 2.05) is 30.3 Å². The fourth-order valence-corrected chi connectivity index (χ4v) is 2.48. The van der Waals surface area contributed by atoms with Gasteiger partial charge in [0.25, 0.3) is 5.91 Å². The molecule has 134 valence electrons. The van der Waals surface area contributed by atoms with Crippen LogP contribution in [0, 0.1) is 0 Å². The Labute approximate surface area is 150 Å². The van der Waals surface area contributed by atoms with Crippen LogP contribution in [0.25, 0.3) is 0 Å². The van der Waals surface area contributed by atoms with E-state index in [-0.39, 0.29) is 36.6 Å². The summed E-state index contributed by atoms with van der Waals surface area (Å²) in [5.74, 6) is -0.289. The molecule has 0 saturated carbocycles. The van der Waals surface area contributed by atoms with Crippen molar-refractivity contribution in [2.24, 2.45) is 0 Å². The summed E-state index contributed by atoms with van der Waals surface area (Å²) in [6.45, 7) is 0.685. The van der Waals surface area contributed by atoms with Crippen LogP contribution in [-0.2, 0) is 11.3 Å². The third-order valence-corrected chi connectivity index (χ3v) is 3.76. The van der Waals surface area contributed by atoms with Crippen LogP contribution in [0.5, 0.6) is 0 Å². The maximum atomic E-state index is 12.3. The molecule has 2 aromatic heterocycles. The molecule has 2 amide bonds. The SMILES string of the molecule is O=C(CCNC(=O)c1ccco1)NC(Cn1cncn1)c1ccccc1. The predicted octanol–water partition coefficient (Wildman–Crippen LogP) is 1.55. The normalized spacial score (nSPS) is 11.7. The summed E-state index contributed by atoms with van der Waals surface area (Å²) >= 11 is 0. The molecule has 0 radical (unpaired) electrons. The summed E-state index contributed by atoms with van der Waals surface area (Å²) in [6, 6.07) is 12.6. The smallest absolute Gasteiger partial charge is 0.286 e. The van der Waals surface area contributed by atoms with Crippen molar-refractivity contribution in [2.45, 2.75) is 19.0 Å². The van der Waals surface area contributed by atoms with E-state index >= 15 is 0 Å². The van der Waals surface area contributed by atoms with Crippen LogP contribution in [-0.4, -0.2) is 33.1 Å². The van der Waals surface area contributed by atoms with Gasteiger partial charge in [-0.15, -0.1) is 0 Å². The molecule has 0 saturated heterocycles. The zero-order valence-corrected chi connectivity index (χ0v) is 14.0. The molecule has 2 N–H and O–H groups in total. The summed E-state index contributed by atoms with van der Waals surface area (Å²) in [7, 11) is 0. The zero-order chi connectivity index (χ0) is 18.2. The van der Waals surface area contributed by atoms with Crippen molar-refractivity contribution in [3.8, 4) is 0 Å². The third-order valence-electron chi connectivity index (χ3n) is 3.76. The van der Waals surface area contributed by atoms with E-state index in [4.69, 9.17) is 4.42 Å². The minimum Gasteiger partial charge on any atom is -0.459 e. The third kappa shape index (κ3) is 4.79. The van der Waals surface area contributed by atoms with Crippen LogP contribution in [0.4, 0.5) is 0 Å². The van der Waals surface area contributed by atoms with Crippen molar-refractivity contribution < 1.29 is 14.0 Å². The fourth-order valence-electron chi connectivity index (χ4n) is 2.48. The van der Waals surface area contributed by atoms with Crippen molar-refractivity contribution in [1.82, 2.24) is 25.4 Å². The van der Waals surface area contributed by atoms with Crippen LogP contribution >= 0.6 is 0 Å². The number of nitrogens with zero attached hydrogens (tertiary/aromatic N) is 3. The van der Waals surface area contributed by atoms with Crippen molar-refractivity contribution in [2.75, 3.05) is 6.54 Å². The molecule has 0 spiro atoms. The lowest BCUT2D eigenvalue weighted by Gasteiger charge is -2.19. The molecule has 1 aromatic carbocycles. The first-order chi connectivity index (χ1) is 12.7. The quantitative estimate of drug-likeness (QED) is 0.640. The number of furan rings is 1. The number of hydrogen-bond donors (Lipinski definition) is 2. The van der Waals surface area contributed by atoms with Crippen LogP contribution < -0.4 is 10.6 Å². The number of carbonyl (C=O) groups is 2. The molecule has 0 aliphatic carbocycles. The highest BCUT2D eigenvalue weighted by Crippen LogP contribution is 2.14. The summed E-state index contributed by atoms with van der Waals surface area (Å²) in [4.78, 5) is 28.0. The molecular formula is C18H19N5O3. The van der Waals surface area contributed by atoms with Crippen molar-refractivity contribution in [3.63, 3.8) is 0 Å². The number of benzene rings is 1. The van der Waals surface area contributed by atoms with Gasteiger partial charge < -0.3 is 15.1 Å². The van der Waals surface area contributed by atoms with Gasteiger partial charge in [0.1, 0.15) is 12.7 Å². The second-order valence-corrected chi connectivity index (χ2v) is 5.63. The fraction of sp³-hybridized carbons (Fsp3) is 0.222. The van der Waals surface area contributed by atoms with Gasteiger partial charge in [-0.2, -0.15) is 5.10 Å². The Morgan fingerprint density at radius 2 is 2.00 bits per heavy atom. The number of nitrogens with one attached hydrogen (secondary N) is 2. The van der Waals surface area contributed by atoms with Gasteiger partial charge in [-0.3, -0.25) is 14.3 Å². The second-order valence-electron chi connectivity index (χ2n) is 5.63. The summed E-state index contributed by atoms with van der Waals surface area (Å²) in [5, 5.41) is 9.72. The van der Waals surface area contributed by atoms with Crippen molar-refractivity contribution in [3.05, 3.63) is 72.7 Å². The first-order valence-corrected chi connectivity index (χ1v) is 8.21. The Morgan fingerprint density at radius 3 is 2.69 bits per heavy atom. The second kappa shape index (κ2) is 8.61. The van der Waals surface area contributed by atoms with E-state index < -0.39 is 0 Å². The van der Waals surface area contributed by atoms with Gasteiger partial charge in [-0.05, 0) is 17.7 Å². The summed E-state index contributed by atoms with van der Waals surface area (Å²) < 4.78 is 6.67. The minimum atomic E-state index is -0.343. The molecule has 3 aromatic rings. The van der Waals surface area contributed by atoms with Crippen molar-refractivity contribution in [1.29, 1.82) is 0 Å². The number of aromatic nitrogens is 3. The molecule has 0 aliphatic heterocycles. The maximum Gasteiger partial charge on any atom is 0.286 e. The van der Waals surface area contributed by atoms with Gasteiger partial charge in [-0.25, -0.2) is 4.98 Å². The molecule has 0 aliphatic rings. The minimum absolute atomic E-state index is 0.160. The molecule has 0 fully saturated rings. The van der Waals surface area contributed by atoms with E-state index in [1.54, 1.807) is 23.1 Å². The maximum absolute atomic E-state index is 12.3. The average Bonchev–Trinajstić information content (AvgIpc) is 3.36. The molecular weight excluding hydrogens is 334 g/mol. The van der Waals surface area contributed by atoms with Gasteiger partial charge in [0, 0.05) is 13.0 Å². The first kappa shape index (κ1) is 17.4. The lowest BCUT2D eigenvalue weighted by Crippen LogP contribution is -2.34. The van der Waals surface area contributed by atoms with E-state index in [0.717, 1.165) is 5.56 Å². The molecule has 2 heterocycles. The van der Waals surface area contributed by atoms with Crippen molar-refractivity contribution >= 4 is 11.8 Å². The van der Waals surface area contributed by atoms with Gasteiger partial charge in [0.15, 0.2) is 5.76 Å². The highest BCUT2D eigenvalue weighted by molar-refractivity contribution is 5.91. The van der Waals surface area contributed by atoms with E-state index in [1.165, 1.54) is 12.6 Å². The number of amides is 2. The zero-order valence-electron chi connectivity index (χ0n) is 14.0.